The molecule has 2 rings (SSSR count). The van der Waals surface area contributed by atoms with Gasteiger partial charge in [-0.3, -0.25) is 0 Å². The number of rotatable bonds is 2. The predicted octanol–water partition coefficient (Wildman–Crippen LogP) is 6.36. The number of aryl methyl sites for hydroxylation is 1. The normalized spacial score (nSPS) is 8.68. The summed E-state index contributed by atoms with van der Waals surface area (Å²) in [6.45, 7) is 10.4. The first-order valence-corrected chi connectivity index (χ1v) is 7.46. The maximum Gasteiger partial charge on any atom is -0.0181 e. The summed E-state index contributed by atoms with van der Waals surface area (Å²) in [7, 11) is 0. The van der Waals surface area contributed by atoms with Gasteiger partial charge in [0.2, 0.25) is 0 Å². The largest absolute Gasteiger partial charge is 0.0683 e. The fourth-order valence-electron chi connectivity index (χ4n) is 1.60. The summed E-state index contributed by atoms with van der Waals surface area (Å²) in [6.07, 6.45) is 2.35. The third-order valence-electron chi connectivity index (χ3n) is 2.44. The molecule has 0 aromatic heterocycles. The lowest BCUT2D eigenvalue weighted by molar-refractivity contribution is 1.09. The van der Waals surface area contributed by atoms with Crippen LogP contribution in [0.1, 0.15) is 46.6 Å². The molecule has 104 valence electrons. The Morgan fingerprint density at radius 1 is 0.684 bits per heavy atom. The molecule has 2 aromatic carbocycles. The van der Waals surface area contributed by atoms with Crippen LogP contribution in [0.4, 0.5) is 0 Å². The second-order valence-corrected chi connectivity index (χ2v) is 4.13. The Hall–Kier alpha value is -1.56. The first-order valence-electron chi connectivity index (χ1n) is 7.46. The summed E-state index contributed by atoms with van der Waals surface area (Å²) < 4.78 is 0. The molecule has 0 spiro atoms. The number of benzene rings is 2. The van der Waals surface area contributed by atoms with Crippen LogP contribution in [0.5, 0.6) is 0 Å². The zero-order chi connectivity index (χ0) is 14.5. The molecule has 0 aliphatic rings. The molecule has 0 saturated carbocycles. The van der Waals surface area contributed by atoms with Crippen molar-refractivity contribution < 1.29 is 0 Å². The van der Waals surface area contributed by atoms with E-state index in [4.69, 9.17) is 0 Å². The molecule has 0 heteroatoms. The van der Waals surface area contributed by atoms with Crippen molar-refractivity contribution in [3.05, 3.63) is 60.2 Å². The van der Waals surface area contributed by atoms with Gasteiger partial charge in [-0.25, -0.2) is 0 Å². The molecular formula is C19H28. The molecule has 0 atom stereocenters. The highest BCUT2D eigenvalue weighted by Crippen LogP contribution is 2.19. The Labute approximate surface area is 119 Å². The van der Waals surface area contributed by atoms with Crippen molar-refractivity contribution in [2.45, 2.75) is 47.5 Å². The molecule has 0 radical (unpaired) electrons. The summed E-state index contributed by atoms with van der Waals surface area (Å²) in [5, 5.41) is 0. The Morgan fingerprint density at radius 3 is 1.74 bits per heavy atom. The maximum absolute atomic E-state index is 2.26. The molecule has 0 amide bonds. The number of hydrogen-bond acceptors (Lipinski definition) is 0. The zero-order valence-electron chi connectivity index (χ0n) is 13.1. The maximum atomic E-state index is 2.26. The topological polar surface area (TPSA) is 0 Å². The van der Waals surface area contributed by atoms with Gasteiger partial charge in [0.15, 0.2) is 0 Å². The molecule has 0 bridgehead atoms. The molecule has 0 aliphatic carbocycles. The average Bonchev–Trinajstić information content (AvgIpc) is 2.51. The predicted molar refractivity (Wildman–Crippen MR) is 88.6 cm³/mol. The summed E-state index contributed by atoms with van der Waals surface area (Å²) in [5.41, 5.74) is 4.00. The van der Waals surface area contributed by atoms with Crippen LogP contribution >= 0.6 is 0 Å². The molecule has 0 nitrogen and oxygen atoms in total. The van der Waals surface area contributed by atoms with E-state index in [1.807, 2.05) is 19.9 Å². The second kappa shape index (κ2) is 11.5. The van der Waals surface area contributed by atoms with Gasteiger partial charge in [0, 0.05) is 0 Å². The van der Waals surface area contributed by atoms with E-state index >= 15 is 0 Å². The summed E-state index contributed by atoms with van der Waals surface area (Å²) >= 11 is 0. The van der Waals surface area contributed by atoms with Crippen molar-refractivity contribution in [1.82, 2.24) is 0 Å². The van der Waals surface area contributed by atoms with Gasteiger partial charge >= 0.3 is 0 Å². The molecule has 0 unspecified atom stereocenters. The van der Waals surface area contributed by atoms with Crippen molar-refractivity contribution in [2.24, 2.45) is 0 Å². The smallest absolute Gasteiger partial charge is 0.0181 e. The fourth-order valence-corrected chi connectivity index (χ4v) is 1.60. The second-order valence-electron chi connectivity index (χ2n) is 4.13. The van der Waals surface area contributed by atoms with Crippen LogP contribution in [0.2, 0.25) is 0 Å². The first kappa shape index (κ1) is 17.4. The van der Waals surface area contributed by atoms with Gasteiger partial charge in [-0.05, 0) is 23.1 Å². The molecule has 0 saturated heterocycles. The molecule has 0 aliphatic heterocycles. The minimum absolute atomic E-state index is 1.10. The highest BCUT2D eigenvalue weighted by molar-refractivity contribution is 5.63. The number of hydrogen-bond donors (Lipinski definition) is 0. The van der Waals surface area contributed by atoms with Crippen molar-refractivity contribution in [2.75, 3.05) is 0 Å². The lowest BCUT2D eigenvalue weighted by Gasteiger charge is -2.03. The lowest BCUT2D eigenvalue weighted by atomic mass is 10.0. The van der Waals surface area contributed by atoms with Crippen LogP contribution < -0.4 is 0 Å². The molecule has 19 heavy (non-hydrogen) atoms. The Morgan fingerprint density at radius 2 is 1.21 bits per heavy atom. The van der Waals surface area contributed by atoms with Gasteiger partial charge < -0.3 is 0 Å². The highest BCUT2D eigenvalue weighted by Gasteiger charge is 1.96. The Kier molecular flexibility index (Phi) is 10.6. The van der Waals surface area contributed by atoms with E-state index in [-0.39, 0.29) is 0 Å². The van der Waals surface area contributed by atoms with Gasteiger partial charge in [-0.15, -0.1) is 0 Å². The molecule has 0 N–H and O–H groups in total. The third-order valence-corrected chi connectivity index (χ3v) is 2.44. The molecule has 2 aromatic rings. The van der Waals surface area contributed by atoms with Crippen LogP contribution in [0.3, 0.4) is 0 Å². The van der Waals surface area contributed by atoms with Gasteiger partial charge in [0.1, 0.15) is 0 Å². The molecular weight excluding hydrogens is 228 g/mol. The van der Waals surface area contributed by atoms with Crippen molar-refractivity contribution in [1.29, 1.82) is 0 Å². The van der Waals surface area contributed by atoms with E-state index in [2.05, 4.69) is 69.3 Å². The summed E-state index contributed by atoms with van der Waals surface area (Å²) in [6, 6.07) is 19.2. The van der Waals surface area contributed by atoms with Crippen LogP contribution in [0.25, 0.3) is 11.1 Å². The van der Waals surface area contributed by atoms with E-state index in [1.54, 1.807) is 0 Å². The SMILES string of the molecule is CC.CCC.CCc1cccc(-c2ccccc2)c1. The monoisotopic (exact) mass is 256 g/mol. The fraction of sp³-hybridized carbons (Fsp3) is 0.368. The quantitative estimate of drug-likeness (QED) is 0.586. The standard InChI is InChI=1S/C14H14.C3H8.C2H6/c1-2-12-7-6-10-14(11-12)13-8-4-3-5-9-13;1-3-2;1-2/h3-11H,2H2,1H3;3H2,1-2H3;1-2H3. The minimum Gasteiger partial charge on any atom is -0.0683 e. The van der Waals surface area contributed by atoms with Gasteiger partial charge in [0.25, 0.3) is 0 Å². The van der Waals surface area contributed by atoms with E-state index in [1.165, 1.54) is 23.1 Å². The summed E-state index contributed by atoms with van der Waals surface area (Å²) in [4.78, 5) is 0. The first-order chi connectivity index (χ1) is 9.31. The van der Waals surface area contributed by atoms with Crippen LogP contribution in [-0.4, -0.2) is 0 Å². The molecule has 0 fully saturated rings. The Balaban J connectivity index is 0.000000573. The van der Waals surface area contributed by atoms with Crippen molar-refractivity contribution >= 4 is 0 Å². The van der Waals surface area contributed by atoms with Gasteiger partial charge in [0.05, 0.1) is 0 Å². The van der Waals surface area contributed by atoms with Crippen molar-refractivity contribution in [3.8, 4) is 11.1 Å². The van der Waals surface area contributed by atoms with Crippen LogP contribution in [0, 0.1) is 0 Å². The highest BCUT2D eigenvalue weighted by atomic mass is 14.0. The van der Waals surface area contributed by atoms with E-state index in [9.17, 15) is 0 Å². The minimum atomic E-state index is 1.10. The van der Waals surface area contributed by atoms with E-state index < -0.39 is 0 Å². The van der Waals surface area contributed by atoms with Gasteiger partial charge in [-0.2, -0.15) is 0 Å². The van der Waals surface area contributed by atoms with E-state index in [0.29, 0.717) is 0 Å². The van der Waals surface area contributed by atoms with Gasteiger partial charge in [-0.1, -0.05) is 95.6 Å². The average molecular weight is 256 g/mol. The third kappa shape index (κ3) is 6.81. The van der Waals surface area contributed by atoms with E-state index in [0.717, 1.165) is 6.42 Å². The van der Waals surface area contributed by atoms with Crippen molar-refractivity contribution in [3.63, 3.8) is 0 Å². The van der Waals surface area contributed by atoms with Crippen LogP contribution in [0.15, 0.2) is 54.6 Å². The zero-order valence-corrected chi connectivity index (χ0v) is 13.1. The molecule has 0 heterocycles. The lowest BCUT2D eigenvalue weighted by Crippen LogP contribution is -1.81. The Bertz CT molecular complexity index is 415. The summed E-state index contributed by atoms with van der Waals surface area (Å²) in [5.74, 6) is 0. The van der Waals surface area contributed by atoms with Crippen LogP contribution in [-0.2, 0) is 6.42 Å².